The summed E-state index contributed by atoms with van der Waals surface area (Å²) < 4.78 is 5.67. The summed E-state index contributed by atoms with van der Waals surface area (Å²) in [5.74, 6) is 1.15. The van der Waals surface area contributed by atoms with E-state index < -0.39 is 6.10 Å². The van der Waals surface area contributed by atoms with Crippen molar-refractivity contribution in [1.82, 2.24) is 0 Å². The highest BCUT2D eigenvalue weighted by atomic mass is 16.5. The predicted molar refractivity (Wildman–Crippen MR) is 60.1 cm³/mol. The first-order valence-electron chi connectivity index (χ1n) is 5.63. The number of aliphatic hydroxyl groups is 1. The molecule has 1 aromatic rings. The molecule has 1 N–H and O–H groups in total. The summed E-state index contributed by atoms with van der Waals surface area (Å²) >= 11 is 0. The van der Waals surface area contributed by atoms with Crippen molar-refractivity contribution in [2.24, 2.45) is 5.92 Å². The fraction of sp³-hybridized carbons (Fsp3) is 0.538. The van der Waals surface area contributed by atoms with Gasteiger partial charge in [0.25, 0.3) is 0 Å². The Kier molecular flexibility index (Phi) is 2.96. The number of hydrogen-bond donors (Lipinski definition) is 1. The van der Waals surface area contributed by atoms with Crippen LogP contribution in [0.15, 0.2) is 18.2 Å². The lowest BCUT2D eigenvalue weighted by atomic mass is 9.94. The summed E-state index contributed by atoms with van der Waals surface area (Å²) in [5, 5.41) is 10.1. The van der Waals surface area contributed by atoms with Crippen molar-refractivity contribution in [3.8, 4) is 5.75 Å². The standard InChI is InChI=1S/C13H18O2/c1-9(2)12(14)11-7-3-5-10-6-4-8-15-13(10)11/h3,5,7,9,12,14H,4,6,8H2,1-2H3. The summed E-state index contributed by atoms with van der Waals surface area (Å²) in [4.78, 5) is 0. The van der Waals surface area contributed by atoms with Crippen LogP contribution in [0.25, 0.3) is 0 Å². The fourth-order valence-electron chi connectivity index (χ4n) is 2.01. The van der Waals surface area contributed by atoms with Gasteiger partial charge in [0.2, 0.25) is 0 Å². The molecule has 1 heterocycles. The fourth-order valence-corrected chi connectivity index (χ4v) is 2.01. The SMILES string of the molecule is CC(C)C(O)c1cccc2c1OCCC2. The first-order chi connectivity index (χ1) is 7.20. The first-order valence-corrected chi connectivity index (χ1v) is 5.63. The molecule has 1 atom stereocenters. The maximum Gasteiger partial charge on any atom is 0.128 e. The zero-order valence-electron chi connectivity index (χ0n) is 9.36. The highest BCUT2D eigenvalue weighted by molar-refractivity contribution is 5.44. The van der Waals surface area contributed by atoms with Crippen LogP contribution in [0.2, 0.25) is 0 Å². The number of rotatable bonds is 2. The van der Waals surface area contributed by atoms with Gasteiger partial charge in [0.1, 0.15) is 5.75 Å². The molecule has 0 aliphatic carbocycles. The van der Waals surface area contributed by atoms with Crippen LogP contribution in [0.1, 0.15) is 37.5 Å². The smallest absolute Gasteiger partial charge is 0.128 e. The topological polar surface area (TPSA) is 29.5 Å². The lowest BCUT2D eigenvalue weighted by molar-refractivity contribution is 0.121. The van der Waals surface area contributed by atoms with E-state index in [0.29, 0.717) is 0 Å². The summed E-state index contributed by atoms with van der Waals surface area (Å²) in [5.41, 5.74) is 2.18. The first kappa shape index (κ1) is 10.5. The monoisotopic (exact) mass is 206 g/mol. The lowest BCUT2D eigenvalue weighted by Crippen LogP contribution is -2.14. The van der Waals surface area contributed by atoms with Crippen LogP contribution in [0.4, 0.5) is 0 Å². The maximum absolute atomic E-state index is 10.1. The molecule has 1 aliphatic heterocycles. The number of hydrogen-bond acceptors (Lipinski definition) is 2. The number of para-hydroxylation sites is 1. The Morgan fingerprint density at radius 1 is 1.33 bits per heavy atom. The van der Waals surface area contributed by atoms with E-state index in [0.717, 1.165) is 30.8 Å². The molecule has 0 saturated carbocycles. The zero-order valence-corrected chi connectivity index (χ0v) is 9.36. The summed E-state index contributed by atoms with van der Waals surface area (Å²) in [6.45, 7) is 4.81. The van der Waals surface area contributed by atoms with E-state index in [1.807, 2.05) is 26.0 Å². The van der Waals surface area contributed by atoms with Crippen molar-refractivity contribution >= 4 is 0 Å². The van der Waals surface area contributed by atoms with Gasteiger partial charge in [-0.15, -0.1) is 0 Å². The van der Waals surface area contributed by atoms with Crippen molar-refractivity contribution in [3.05, 3.63) is 29.3 Å². The third kappa shape index (κ3) is 2.00. The Bertz CT molecular complexity index is 344. The van der Waals surface area contributed by atoms with Crippen LogP contribution in [-0.4, -0.2) is 11.7 Å². The van der Waals surface area contributed by atoms with Gasteiger partial charge in [0.15, 0.2) is 0 Å². The summed E-state index contributed by atoms with van der Waals surface area (Å²) in [7, 11) is 0. The molecule has 15 heavy (non-hydrogen) atoms. The van der Waals surface area contributed by atoms with Gasteiger partial charge in [-0.3, -0.25) is 0 Å². The number of aryl methyl sites for hydroxylation is 1. The van der Waals surface area contributed by atoms with Gasteiger partial charge < -0.3 is 9.84 Å². The van der Waals surface area contributed by atoms with E-state index in [2.05, 4.69) is 6.07 Å². The highest BCUT2D eigenvalue weighted by Crippen LogP contribution is 2.35. The van der Waals surface area contributed by atoms with E-state index in [9.17, 15) is 5.11 Å². The molecule has 1 unspecified atom stereocenters. The van der Waals surface area contributed by atoms with Gasteiger partial charge in [0.05, 0.1) is 12.7 Å². The molecule has 0 amide bonds. The van der Waals surface area contributed by atoms with Gasteiger partial charge in [0, 0.05) is 5.56 Å². The highest BCUT2D eigenvalue weighted by Gasteiger charge is 2.21. The van der Waals surface area contributed by atoms with Crippen molar-refractivity contribution < 1.29 is 9.84 Å². The number of ether oxygens (including phenoxy) is 1. The normalized spacial score (nSPS) is 17.1. The summed E-state index contributed by atoms with van der Waals surface area (Å²) in [6, 6.07) is 6.06. The number of benzene rings is 1. The van der Waals surface area contributed by atoms with E-state index in [-0.39, 0.29) is 5.92 Å². The molecule has 2 nitrogen and oxygen atoms in total. The quantitative estimate of drug-likeness (QED) is 0.806. The minimum atomic E-state index is -0.418. The Morgan fingerprint density at radius 3 is 2.87 bits per heavy atom. The molecule has 2 rings (SSSR count). The molecule has 0 radical (unpaired) electrons. The van der Waals surface area contributed by atoms with Crippen molar-refractivity contribution in [3.63, 3.8) is 0 Å². The second-order valence-electron chi connectivity index (χ2n) is 4.48. The largest absolute Gasteiger partial charge is 0.493 e. The van der Waals surface area contributed by atoms with Crippen molar-refractivity contribution in [2.45, 2.75) is 32.8 Å². The van der Waals surface area contributed by atoms with E-state index in [4.69, 9.17) is 4.74 Å². The second-order valence-corrected chi connectivity index (χ2v) is 4.48. The molecule has 0 aromatic heterocycles. The molecule has 0 spiro atoms. The molecular weight excluding hydrogens is 188 g/mol. The minimum absolute atomic E-state index is 0.224. The van der Waals surface area contributed by atoms with Gasteiger partial charge in [-0.25, -0.2) is 0 Å². The molecule has 2 heteroatoms. The maximum atomic E-state index is 10.1. The Morgan fingerprint density at radius 2 is 2.13 bits per heavy atom. The molecule has 0 fully saturated rings. The Hall–Kier alpha value is -1.02. The molecule has 82 valence electrons. The number of aliphatic hydroxyl groups excluding tert-OH is 1. The van der Waals surface area contributed by atoms with Crippen molar-refractivity contribution in [1.29, 1.82) is 0 Å². The minimum Gasteiger partial charge on any atom is -0.493 e. The van der Waals surface area contributed by atoms with Gasteiger partial charge >= 0.3 is 0 Å². The molecular formula is C13H18O2. The lowest BCUT2D eigenvalue weighted by Gasteiger charge is -2.24. The third-order valence-electron chi connectivity index (χ3n) is 2.91. The predicted octanol–water partition coefficient (Wildman–Crippen LogP) is 2.70. The Labute approximate surface area is 90.9 Å². The van der Waals surface area contributed by atoms with Crippen LogP contribution in [0.3, 0.4) is 0 Å². The molecule has 0 bridgehead atoms. The summed E-state index contributed by atoms with van der Waals surface area (Å²) in [6.07, 6.45) is 1.72. The molecule has 0 saturated heterocycles. The third-order valence-corrected chi connectivity index (χ3v) is 2.91. The Balaban J connectivity index is 2.39. The van der Waals surface area contributed by atoms with Gasteiger partial charge in [-0.05, 0) is 24.3 Å². The number of fused-ring (bicyclic) bond motifs is 1. The molecule has 1 aromatic carbocycles. The average Bonchev–Trinajstić information content (AvgIpc) is 2.27. The van der Waals surface area contributed by atoms with Crippen LogP contribution >= 0.6 is 0 Å². The van der Waals surface area contributed by atoms with Gasteiger partial charge in [-0.2, -0.15) is 0 Å². The van der Waals surface area contributed by atoms with Crippen molar-refractivity contribution in [2.75, 3.05) is 6.61 Å². The van der Waals surface area contributed by atoms with E-state index in [1.165, 1.54) is 5.56 Å². The van der Waals surface area contributed by atoms with Crippen LogP contribution in [-0.2, 0) is 6.42 Å². The second kappa shape index (κ2) is 4.23. The van der Waals surface area contributed by atoms with Gasteiger partial charge in [-0.1, -0.05) is 32.0 Å². The van der Waals surface area contributed by atoms with Crippen LogP contribution < -0.4 is 4.74 Å². The zero-order chi connectivity index (χ0) is 10.8. The van der Waals surface area contributed by atoms with E-state index in [1.54, 1.807) is 0 Å². The molecule has 1 aliphatic rings. The average molecular weight is 206 g/mol. The van der Waals surface area contributed by atoms with Crippen LogP contribution in [0.5, 0.6) is 5.75 Å². The van der Waals surface area contributed by atoms with Crippen LogP contribution in [0, 0.1) is 5.92 Å². The van der Waals surface area contributed by atoms with E-state index >= 15 is 0 Å².